The third-order valence-corrected chi connectivity index (χ3v) is 4.83. The van der Waals surface area contributed by atoms with Crippen LogP contribution in [0, 0.1) is 0 Å². The van der Waals surface area contributed by atoms with Gasteiger partial charge in [0.15, 0.2) is 0 Å². The molecule has 0 aromatic carbocycles. The maximum absolute atomic E-state index is 12.6. The zero-order valence-electron chi connectivity index (χ0n) is 12.2. The summed E-state index contributed by atoms with van der Waals surface area (Å²) in [4.78, 5) is 27.0. The molecule has 6 heteroatoms. The Morgan fingerprint density at radius 2 is 1.90 bits per heavy atom. The Morgan fingerprint density at radius 1 is 1.25 bits per heavy atom. The highest BCUT2D eigenvalue weighted by molar-refractivity contribution is 5.86. The van der Waals surface area contributed by atoms with E-state index < -0.39 is 17.6 Å². The number of carboxylic acid groups (broad SMARTS) is 1. The number of hydrogen-bond acceptors (Lipinski definition) is 3. The maximum atomic E-state index is 12.6. The summed E-state index contributed by atoms with van der Waals surface area (Å²) in [5.41, 5.74) is -1.12. The number of likely N-dealkylation sites (N-methyl/N-ethyl adjacent to an activating group) is 1. The summed E-state index contributed by atoms with van der Waals surface area (Å²) in [6.07, 6.45) is 4.15. The number of nitrogens with zero attached hydrogens (tertiary/aromatic N) is 2. The van der Waals surface area contributed by atoms with Gasteiger partial charge in [-0.05, 0) is 32.6 Å². The van der Waals surface area contributed by atoms with Gasteiger partial charge in [-0.25, -0.2) is 9.59 Å². The smallest absolute Gasteiger partial charge is 0.329 e. The van der Waals surface area contributed by atoms with Gasteiger partial charge in [0.05, 0.1) is 12.1 Å². The second kappa shape index (κ2) is 5.60. The Labute approximate surface area is 119 Å². The average Bonchev–Trinajstić information content (AvgIpc) is 2.81. The summed E-state index contributed by atoms with van der Waals surface area (Å²) in [5, 5.41) is 19.4. The van der Waals surface area contributed by atoms with Gasteiger partial charge >= 0.3 is 12.0 Å². The van der Waals surface area contributed by atoms with Crippen molar-refractivity contribution < 1.29 is 19.8 Å². The van der Waals surface area contributed by atoms with E-state index in [0.29, 0.717) is 25.8 Å². The lowest BCUT2D eigenvalue weighted by Gasteiger charge is -2.40. The van der Waals surface area contributed by atoms with E-state index in [2.05, 4.69) is 0 Å². The third-order valence-electron chi connectivity index (χ3n) is 4.83. The molecule has 2 fully saturated rings. The molecule has 20 heavy (non-hydrogen) atoms. The van der Waals surface area contributed by atoms with Crippen molar-refractivity contribution in [2.45, 2.75) is 63.1 Å². The van der Waals surface area contributed by atoms with Crippen LogP contribution < -0.4 is 0 Å². The Hall–Kier alpha value is -1.30. The van der Waals surface area contributed by atoms with Crippen molar-refractivity contribution in [3.63, 3.8) is 0 Å². The van der Waals surface area contributed by atoms with Crippen LogP contribution in [0.1, 0.15) is 45.4 Å². The van der Waals surface area contributed by atoms with Crippen LogP contribution in [0.2, 0.25) is 0 Å². The molecule has 114 valence electrons. The number of likely N-dealkylation sites (tertiary alicyclic amines) is 1. The predicted octanol–water partition coefficient (Wildman–Crippen LogP) is 1.28. The largest absolute Gasteiger partial charge is 0.480 e. The maximum Gasteiger partial charge on any atom is 0.329 e. The first-order valence-electron chi connectivity index (χ1n) is 7.34. The van der Waals surface area contributed by atoms with Crippen molar-refractivity contribution in [1.29, 1.82) is 0 Å². The zero-order chi connectivity index (χ0) is 14.9. The summed E-state index contributed by atoms with van der Waals surface area (Å²) in [6, 6.07) is -0.478. The number of aliphatic hydroxyl groups is 1. The van der Waals surface area contributed by atoms with E-state index in [0.717, 1.165) is 19.3 Å². The summed E-state index contributed by atoms with van der Waals surface area (Å²) >= 11 is 0. The normalized spacial score (nSPS) is 34.0. The van der Waals surface area contributed by atoms with Crippen LogP contribution in [0.15, 0.2) is 0 Å². The zero-order valence-corrected chi connectivity index (χ0v) is 12.2. The minimum atomic E-state index is -1.12. The van der Waals surface area contributed by atoms with Crippen LogP contribution >= 0.6 is 0 Å². The molecule has 0 radical (unpaired) electrons. The highest BCUT2D eigenvalue weighted by atomic mass is 16.4. The lowest BCUT2D eigenvalue weighted by Crippen LogP contribution is -2.58. The van der Waals surface area contributed by atoms with E-state index in [9.17, 15) is 19.8 Å². The van der Waals surface area contributed by atoms with Gasteiger partial charge in [0.2, 0.25) is 0 Å². The van der Waals surface area contributed by atoms with Gasteiger partial charge in [-0.3, -0.25) is 0 Å². The first-order valence-corrected chi connectivity index (χ1v) is 7.34. The van der Waals surface area contributed by atoms with Crippen molar-refractivity contribution in [2.75, 3.05) is 13.6 Å². The lowest BCUT2D eigenvalue weighted by molar-refractivity contribution is -0.147. The molecule has 1 heterocycles. The standard InChI is InChI=1S/C14H24N2O4/c1-14(12(18)19)8-5-9-16(14)13(20)15(2)10-6-3-4-7-11(10)17/h10-11,17H,3-9H2,1-2H3,(H,18,19). The SMILES string of the molecule is CN(C(=O)N1CCCC1(C)C(=O)O)C1CCCCC1O. The predicted molar refractivity (Wildman–Crippen MR) is 73.4 cm³/mol. The fourth-order valence-electron chi connectivity index (χ4n) is 3.37. The van der Waals surface area contributed by atoms with Gasteiger partial charge in [-0.15, -0.1) is 0 Å². The highest BCUT2D eigenvalue weighted by Crippen LogP contribution is 2.31. The van der Waals surface area contributed by atoms with Crippen molar-refractivity contribution in [3.8, 4) is 0 Å². The van der Waals surface area contributed by atoms with Crippen molar-refractivity contribution in [2.24, 2.45) is 0 Å². The second-order valence-corrected chi connectivity index (χ2v) is 6.15. The molecule has 0 aromatic rings. The van der Waals surface area contributed by atoms with Crippen LogP contribution in [0.3, 0.4) is 0 Å². The molecule has 6 nitrogen and oxygen atoms in total. The number of aliphatic hydroxyl groups excluding tert-OH is 1. The summed E-state index contributed by atoms with van der Waals surface area (Å²) in [7, 11) is 1.67. The van der Waals surface area contributed by atoms with E-state index in [-0.39, 0.29) is 12.1 Å². The summed E-state index contributed by atoms with van der Waals surface area (Å²) in [6.45, 7) is 2.07. The van der Waals surface area contributed by atoms with Gasteiger partial charge in [-0.2, -0.15) is 0 Å². The van der Waals surface area contributed by atoms with Gasteiger partial charge in [-0.1, -0.05) is 12.8 Å². The molecule has 1 aliphatic carbocycles. The van der Waals surface area contributed by atoms with E-state index >= 15 is 0 Å². The van der Waals surface area contributed by atoms with Crippen LogP contribution in [0.4, 0.5) is 4.79 Å². The molecule has 0 aromatic heterocycles. The number of hydrogen-bond donors (Lipinski definition) is 2. The van der Waals surface area contributed by atoms with E-state index in [1.165, 1.54) is 9.80 Å². The number of carbonyl (C=O) groups is 2. The van der Waals surface area contributed by atoms with E-state index in [4.69, 9.17) is 0 Å². The molecular formula is C14H24N2O4. The highest BCUT2D eigenvalue weighted by Gasteiger charge is 2.47. The van der Waals surface area contributed by atoms with Crippen LogP contribution in [-0.2, 0) is 4.79 Å². The van der Waals surface area contributed by atoms with Gasteiger partial charge in [0, 0.05) is 13.6 Å². The molecule has 1 aliphatic heterocycles. The Balaban J connectivity index is 2.12. The van der Waals surface area contributed by atoms with Crippen molar-refractivity contribution in [1.82, 2.24) is 9.80 Å². The topological polar surface area (TPSA) is 81.1 Å². The van der Waals surface area contributed by atoms with Gasteiger partial charge < -0.3 is 20.0 Å². The van der Waals surface area contributed by atoms with Crippen LogP contribution in [0.5, 0.6) is 0 Å². The molecule has 2 aliphatic rings. The Kier molecular flexibility index (Phi) is 4.22. The summed E-state index contributed by atoms with van der Waals surface area (Å²) < 4.78 is 0. The molecule has 0 bridgehead atoms. The molecule has 3 unspecified atom stereocenters. The third kappa shape index (κ3) is 2.49. The van der Waals surface area contributed by atoms with Crippen molar-refractivity contribution >= 4 is 12.0 Å². The first kappa shape index (κ1) is 15.1. The Bertz CT molecular complexity index is 401. The molecule has 3 atom stereocenters. The second-order valence-electron chi connectivity index (χ2n) is 6.15. The number of urea groups is 1. The number of carbonyl (C=O) groups excluding carboxylic acids is 1. The molecular weight excluding hydrogens is 260 g/mol. The van der Waals surface area contributed by atoms with Crippen molar-refractivity contribution in [3.05, 3.63) is 0 Å². The summed E-state index contributed by atoms with van der Waals surface area (Å²) in [5.74, 6) is -0.957. The number of amides is 2. The molecule has 1 saturated heterocycles. The quantitative estimate of drug-likeness (QED) is 0.800. The number of rotatable bonds is 2. The fourth-order valence-corrected chi connectivity index (χ4v) is 3.37. The molecule has 2 N–H and O–H groups in total. The lowest BCUT2D eigenvalue weighted by atomic mass is 9.91. The minimum Gasteiger partial charge on any atom is -0.480 e. The monoisotopic (exact) mass is 284 g/mol. The van der Waals surface area contributed by atoms with Crippen LogP contribution in [-0.4, -0.2) is 63.3 Å². The van der Waals surface area contributed by atoms with Gasteiger partial charge in [0.1, 0.15) is 5.54 Å². The number of carboxylic acids is 1. The van der Waals surface area contributed by atoms with E-state index in [1.807, 2.05) is 0 Å². The molecule has 0 spiro atoms. The van der Waals surface area contributed by atoms with Gasteiger partial charge in [0.25, 0.3) is 0 Å². The molecule has 2 amide bonds. The molecule has 1 saturated carbocycles. The van der Waals surface area contributed by atoms with E-state index in [1.54, 1.807) is 14.0 Å². The fraction of sp³-hybridized carbons (Fsp3) is 0.857. The first-order chi connectivity index (χ1) is 9.38. The van der Waals surface area contributed by atoms with Crippen LogP contribution in [0.25, 0.3) is 0 Å². The minimum absolute atomic E-state index is 0.199. The number of aliphatic carboxylic acids is 1. The Morgan fingerprint density at radius 3 is 2.50 bits per heavy atom. The average molecular weight is 284 g/mol. The molecule has 2 rings (SSSR count).